The van der Waals surface area contributed by atoms with Crippen LogP contribution in [0.3, 0.4) is 0 Å². The highest BCUT2D eigenvalue weighted by molar-refractivity contribution is 5.99. The molecule has 1 saturated carbocycles. The van der Waals surface area contributed by atoms with E-state index >= 15 is 0 Å². The monoisotopic (exact) mass is 289 g/mol. The third kappa shape index (κ3) is 3.96. The predicted octanol–water partition coefficient (Wildman–Crippen LogP) is 3.55. The predicted molar refractivity (Wildman–Crippen MR) is 86.5 cm³/mol. The van der Waals surface area contributed by atoms with Crippen molar-refractivity contribution in [1.29, 1.82) is 0 Å². The number of nitrogens with one attached hydrogen (secondary N) is 1. The summed E-state index contributed by atoms with van der Waals surface area (Å²) in [7, 11) is 1.84. The van der Waals surface area contributed by atoms with Gasteiger partial charge < -0.3 is 10.2 Å². The second-order valence-corrected chi connectivity index (χ2v) is 6.29. The highest BCUT2D eigenvalue weighted by Crippen LogP contribution is 2.27. The number of amides is 1. The lowest BCUT2D eigenvalue weighted by Crippen LogP contribution is -2.40. The Labute approximate surface area is 127 Å². The van der Waals surface area contributed by atoms with E-state index in [1.165, 1.54) is 12.8 Å². The van der Waals surface area contributed by atoms with Crippen LogP contribution >= 0.6 is 0 Å². The maximum Gasteiger partial charge on any atom is 0.256 e. The summed E-state index contributed by atoms with van der Waals surface area (Å²) in [5, 5.41) is 3.08. The summed E-state index contributed by atoms with van der Waals surface area (Å²) in [6.45, 7) is 5.28. The Bertz CT molecular complexity index is 467. The maximum atomic E-state index is 13.0. The van der Waals surface area contributed by atoms with Gasteiger partial charge in [0.15, 0.2) is 0 Å². The molecule has 1 heterocycles. The molecule has 0 aliphatic heterocycles. The summed E-state index contributed by atoms with van der Waals surface area (Å²) >= 11 is 0. The molecule has 4 nitrogen and oxygen atoms in total. The van der Waals surface area contributed by atoms with Crippen LogP contribution in [0.15, 0.2) is 18.5 Å². The minimum absolute atomic E-state index is 0.148. The minimum Gasteiger partial charge on any atom is -0.386 e. The zero-order chi connectivity index (χ0) is 15.2. The van der Waals surface area contributed by atoms with E-state index in [9.17, 15) is 4.79 Å². The van der Waals surface area contributed by atoms with Crippen LogP contribution in [0.2, 0.25) is 0 Å². The quantitative estimate of drug-likeness (QED) is 0.871. The first-order chi connectivity index (χ1) is 10.1. The topological polar surface area (TPSA) is 45.2 Å². The first-order valence-electron chi connectivity index (χ1n) is 8.06. The van der Waals surface area contributed by atoms with Crippen LogP contribution in [-0.4, -0.2) is 35.4 Å². The van der Waals surface area contributed by atoms with Crippen LogP contribution in [0.1, 0.15) is 56.3 Å². The average Bonchev–Trinajstić information content (AvgIpc) is 3.01. The molecule has 1 aromatic rings. The lowest BCUT2D eigenvalue weighted by atomic mass is 10.1. The number of pyridine rings is 1. The van der Waals surface area contributed by atoms with Gasteiger partial charge in [-0.25, -0.2) is 0 Å². The van der Waals surface area contributed by atoms with Crippen molar-refractivity contribution in [2.24, 2.45) is 5.92 Å². The third-order valence-corrected chi connectivity index (χ3v) is 4.29. The van der Waals surface area contributed by atoms with Crippen molar-refractivity contribution in [3.05, 3.63) is 24.0 Å². The first kappa shape index (κ1) is 15.8. The highest BCUT2D eigenvalue weighted by Gasteiger charge is 2.28. The summed E-state index contributed by atoms with van der Waals surface area (Å²) in [5.74, 6) is 0.761. The van der Waals surface area contributed by atoms with E-state index in [0.717, 1.165) is 37.1 Å². The van der Waals surface area contributed by atoms with E-state index in [-0.39, 0.29) is 5.91 Å². The Morgan fingerprint density at radius 2 is 2.14 bits per heavy atom. The van der Waals surface area contributed by atoms with Crippen LogP contribution in [0.5, 0.6) is 0 Å². The summed E-state index contributed by atoms with van der Waals surface area (Å²) in [6, 6.07) is 2.24. The normalized spacial score (nSPS) is 15.4. The molecule has 1 amide bonds. The van der Waals surface area contributed by atoms with Crippen molar-refractivity contribution in [3.63, 3.8) is 0 Å². The Balaban J connectivity index is 2.20. The summed E-state index contributed by atoms with van der Waals surface area (Å²) in [6.07, 6.45) is 9.25. The lowest BCUT2D eigenvalue weighted by molar-refractivity contribution is 0.0673. The zero-order valence-corrected chi connectivity index (χ0v) is 13.4. The molecule has 0 radical (unpaired) electrons. The van der Waals surface area contributed by atoms with Crippen molar-refractivity contribution in [2.45, 2.75) is 52.0 Å². The van der Waals surface area contributed by atoms with Crippen LogP contribution in [0.25, 0.3) is 0 Å². The Kier molecular flexibility index (Phi) is 5.59. The fraction of sp³-hybridized carbons (Fsp3) is 0.647. The number of anilines is 1. The van der Waals surface area contributed by atoms with E-state index in [1.807, 2.05) is 13.1 Å². The summed E-state index contributed by atoms with van der Waals surface area (Å²) in [4.78, 5) is 19.2. The van der Waals surface area contributed by atoms with Crippen molar-refractivity contribution in [3.8, 4) is 0 Å². The minimum atomic E-state index is 0.148. The molecule has 1 aliphatic carbocycles. The number of hydrogen-bond donors (Lipinski definition) is 1. The number of carbonyl (C=O) groups is 1. The summed E-state index contributed by atoms with van der Waals surface area (Å²) < 4.78 is 0. The molecule has 0 aromatic carbocycles. The molecular weight excluding hydrogens is 262 g/mol. The van der Waals surface area contributed by atoms with Crippen molar-refractivity contribution >= 4 is 11.6 Å². The smallest absolute Gasteiger partial charge is 0.256 e. The van der Waals surface area contributed by atoms with E-state index in [4.69, 9.17) is 0 Å². The van der Waals surface area contributed by atoms with Gasteiger partial charge >= 0.3 is 0 Å². The van der Waals surface area contributed by atoms with Gasteiger partial charge in [-0.2, -0.15) is 0 Å². The van der Waals surface area contributed by atoms with Gasteiger partial charge in [0.1, 0.15) is 0 Å². The number of rotatable bonds is 6. The molecule has 0 bridgehead atoms. The Morgan fingerprint density at radius 3 is 2.76 bits per heavy atom. The SMILES string of the molecule is CNc1cnccc1C(=O)N(CCC(C)C)C1CCCC1. The zero-order valence-electron chi connectivity index (χ0n) is 13.4. The molecule has 1 aromatic heterocycles. The van der Waals surface area contributed by atoms with E-state index in [2.05, 4.69) is 29.0 Å². The number of hydrogen-bond acceptors (Lipinski definition) is 3. The van der Waals surface area contributed by atoms with Gasteiger partial charge in [-0.3, -0.25) is 9.78 Å². The Morgan fingerprint density at radius 1 is 1.43 bits per heavy atom. The average molecular weight is 289 g/mol. The van der Waals surface area contributed by atoms with Gasteiger partial charge in [-0.05, 0) is 31.2 Å². The van der Waals surface area contributed by atoms with Gasteiger partial charge in [0.05, 0.1) is 17.4 Å². The maximum absolute atomic E-state index is 13.0. The number of aromatic nitrogens is 1. The molecule has 0 spiro atoms. The third-order valence-electron chi connectivity index (χ3n) is 4.29. The largest absolute Gasteiger partial charge is 0.386 e. The van der Waals surface area contributed by atoms with Crippen LogP contribution in [-0.2, 0) is 0 Å². The van der Waals surface area contributed by atoms with Crippen LogP contribution < -0.4 is 5.32 Å². The van der Waals surface area contributed by atoms with Crippen molar-refractivity contribution in [1.82, 2.24) is 9.88 Å². The van der Waals surface area contributed by atoms with Crippen molar-refractivity contribution in [2.75, 3.05) is 18.9 Å². The van der Waals surface area contributed by atoms with E-state index in [0.29, 0.717) is 12.0 Å². The van der Waals surface area contributed by atoms with Crippen LogP contribution in [0.4, 0.5) is 5.69 Å². The van der Waals surface area contributed by atoms with Gasteiger partial charge in [-0.15, -0.1) is 0 Å². The molecule has 1 aliphatic rings. The molecule has 0 unspecified atom stereocenters. The standard InChI is InChI=1S/C17H27N3O/c1-13(2)9-11-20(14-6-4-5-7-14)17(21)15-8-10-19-12-16(15)18-3/h8,10,12-14,18H,4-7,9,11H2,1-3H3. The summed E-state index contributed by atoms with van der Waals surface area (Å²) in [5.41, 5.74) is 1.55. The molecule has 0 atom stereocenters. The van der Waals surface area contributed by atoms with Gasteiger partial charge in [0, 0.05) is 25.8 Å². The molecule has 4 heteroatoms. The molecule has 2 rings (SSSR count). The molecular formula is C17H27N3O. The second-order valence-electron chi connectivity index (χ2n) is 6.29. The number of nitrogens with zero attached hydrogens (tertiary/aromatic N) is 2. The van der Waals surface area contributed by atoms with Gasteiger partial charge in [-0.1, -0.05) is 26.7 Å². The van der Waals surface area contributed by atoms with Crippen molar-refractivity contribution < 1.29 is 4.79 Å². The van der Waals surface area contributed by atoms with Crippen LogP contribution in [0, 0.1) is 5.92 Å². The van der Waals surface area contributed by atoms with Gasteiger partial charge in [0.2, 0.25) is 0 Å². The van der Waals surface area contributed by atoms with E-state index in [1.54, 1.807) is 12.4 Å². The molecule has 116 valence electrons. The lowest BCUT2D eigenvalue weighted by Gasteiger charge is -2.30. The first-order valence-corrected chi connectivity index (χ1v) is 8.06. The van der Waals surface area contributed by atoms with E-state index < -0.39 is 0 Å². The Hall–Kier alpha value is -1.58. The highest BCUT2D eigenvalue weighted by atomic mass is 16.2. The molecule has 1 N–H and O–H groups in total. The fourth-order valence-electron chi connectivity index (χ4n) is 3.00. The van der Waals surface area contributed by atoms with Gasteiger partial charge in [0.25, 0.3) is 5.91 Å². The molecule has 0 saturated heterocycles. The fourth-order valence-corrected chi connectivity index (χ4v) is 3.00. The number of carbonyl (C=O) groups excluding carboxylic acids is 1. The second kappa shape index (κ2) is 7.43. The molecule has 21 heavy (non-hydrogen) atoms. The molecule has 1 fully saturated rings.